The molecule has 0 bridgehead atoms. The summed E-state index contributed by atoms with van der Waals surface area (Å²) in [6.07, 6.45) is 0.934. The van der Waals surface area contributed by atoms with E-state index in [4.69, 9.17) is 14.1 Å². The van der Waals surface area contributed by atoms with Crippen molar-refractivity contribution >= 4 is 11.6 Å². The SMILES string of the molecule is CON=C1C[C@@H](c2noc(CCOc3ccccc3)n2)N(C(=O)c2ccc(-c3ccccc3)cc2)C1. The molecule has 36 heavy (non-hydrogen) atoms. The Morgan fingerprint density at radius 2 is 1.69 bits per heavy atom. The van der Waals surface area contributed by atoms with E-state index in [0.29, 0.717) is 43.3 Å². The van der Waals surface area contributed by atoms with Crippen molar-refractivity contribution in [2.45, 2.75) is 18.9 Å². The van der Waals surface area contributed by atoms with Crippen molar-refractivity contribution in [2.75, 3.05) is 20.3 Å². The lowest BCUT2D eigenvalue weighted by atomic mass is 10.0. The fourth-order valence-corrected chi connectivity index (χ4v) is 4.22. The summed E-state index contributed by atoms with van der Waals surface area (Å²) in [5.41, 5.74) is 3.47. The van der Waals surface area contributed by atoms with Crippen molar-refractivity contribution in [1.82, 2.24) is 15.0 Å². The van der Waals surface area contributed by atoms with Crippen molar-refractivity contribution in [3.05, 3.63) is 102 Å². The first-order chi connectivity index (χ1) is 17.7. The average molecular weight is 483 g/mol. The number of oxime groups is 1. The van der Waals surface area contributed by atoms with Gasteiger partial charge in [0.2, 0.25) is 5.89 Å². The first kappa shape index (κ1) is 23.3. The van der Waals surface area contributed by atoms with E-state index in [0.717, 1.165) is 22.6 Å². The maximum Gasteiger partial charge on any atom is 0.254 e. The van der Waals surface area contributed by atoms with E-state index in [1.165, 1.54) is 7.11 Å². The molecule has 1 amide bonds. The van der Waals surface area contributed by atoms with Gasteiger partial charge < -0.3 is 19.0 Å². The molecule has 1 saturated heterocycles. The van der Waals surface area contributed by atoms with Gasteiger partial charge in [-0.3, -0.25) is 4.79 Å². The topological polar surface area (TPSA) is 90.1 Å². The van der Waals surface area contributed by atoms with Crippen molar-refractivity contribution in [3.63, 3.8) is 0 Å². The summed E-state index contributed by atoms with van der Waals surface area (Å²) in [5.74, 6) is 1.56. The van der Waals surface area contributed by atoms with Gasteiger partial charge in [-0.1, -0.05) is 71.0 Å². The van der Waals surface area contributed by atoms with Crippen LogP contribution in [0.3, 0.4) is 0 Å². The number of nitrogens with zero attached hydrogens (tertiary/aromatic N) is 4. The highest BCUT2D eigenvalue weighted by molar-refractivity contribution is 6.00. The number of rotatable bonds is 8. The predicted octanol–water partition coefficient (Wildman–Crippen LogP) is 4.95. The van der Waals surface area contributed by atoms with Crippen LogP contribution in [0, 0.1) is 0 Å². The summed E-state index contributed by atoms with van der Waals surface area (Å²) >= 11 is 0. The van der Waals surface area contributed by atoms with E-state index in [1.54, 1.807) is 4.90 Å². The molecule has 8 nitrogen and oxygen atoms in total. The number of hydrogen-bond acceptors (Lipinski definition) is 7. The Bertz CT molecular complexity index is 1320. The molecule has 1 aliphatic rings. The number of ether oxygens (including phenoxy) is 1. The van der Waals surface area contributed by atoms with Gasteiger partial charge >= 0.3 is 0 Å². The number of likely N-dealkylation sites (tertiary alicyclic amines) is 1. The maximum absolute atomic E-state index is 13.5. The van der Waals surface area contributed by atoms with Crippen molar-refractivity contribution in [3.8, 4) is 16.9 Å². The molecule has 5 rings (SSSR count). The molecule has 0 spiro atoms. The monoisotopic (exact) mass is 482 g/mol. The quantitative estimate of drug-likeness (QED) is 0.330. The van der Waals surface area contributed by atoms with Crippen LogP contribution < -0.4 is 4.74 Å². The zero-order valence-corrected chi connectivity index (χ0v) is 19.9. The largest absolute Gasteiger partial charge is 0.493 e. The first-order valence-corrected chi connectivity index (χ1v) is 11.8. The lowest BCUT2D eigenvalue weighted by molar-refractivity contribution is 0.0732. The van der Waals surface area contributed by atoms with Crippen LogP contribution >= 0.6 is 0 Å². The minimum absolute atomic E-state index is 0.125. The second-order valence-corrected chi connectivity index (χ2v) is 8.39. The molecule has 2 heterocycles. The normalized spacial score (nSPS) is 16.3. The lowest BCUT2D eigenvalue weighted by Gasteiger charge is -2.21. The summed E-state index contributed by atoms with van der Waals surface area (Å²) in [4.78, 5) is 24.7. The van der Waals surface area contributed by atoms with Crippen molar-refractivity contribution < 1.29 is 18.9 Å². The molecule has 8 heteroatoms. The second-order valence-electron chi connectivity index (χ2n) is 8.39. The smallest absolute Gasteiger partial charge is 0.254 e. The predicted molar refractivity (Wildman–Crippen MR) is 135 cm³/mol. The Kier molecular flexibility index (Phi) is 7.02. The number of carbonyl (C=O) groups is 1. The number of amides is 1. The van der Waals surface area contributed by atoms with E-state index in [2.05, 4.69) is 15.3 Å². The van der Waals surface area contributed by atoms with Gasteiger partial charge in [0.1, 0.15) is 18.9 Å². The van der Waals surface area contributed by atoms with E-state index in [-0.39, 0.29) is 5.91 Å². The third-order valence-corrected chi connectivity index (χ3v) is 5.99. The molecule has 1 fully saturated rings. The first-order valence-electron chi connectivity index (χ1n) is 11.8. The summed E-state index contributed by atoms with van der Waals surface area (Å²) in [7, 11) is 1.49. The number of para-hydroxylation sites is 1. The maximum atomic E-state index is 13.5. The summed E-state index contributed by atoms with van der Waals surface area (Å²) in [6.45, 7) is 0.738. The molecule has 4 aromatic rings. The molecular formula is C28H26N4O4. The van der Waals surface area contributed by atoms with Gasteiger partial charge in [0, 0.05) is 12.0 Å². The van der Waals surface area contributed by atoms with Gasteiger partial charge in [-0.05, 0) is 35.4 Å². The number of hydrogen-bond donors (Lipinski definition) is 0. The summed E-state index contributed by atoms with van der Waals surface area (Å²) < 4.78 is 11.2. The minimum atomic E-state index is -0.396. The molecule has 0 N–H and O–H groups in total. The Hall–Kier alpha value is -4.46. The Morgan fingerprint density at radius 3 is 2.42 bits per heavy atom. The van der Waals surface area contributed by atoms with Crippen LogP contribution in [0.15, 0.2) is 94.6 Å². The van der Waals surface area contributed by atoms with Crippen LogP contribution in [0.4, 0.5) is 0 Å². The standard InChI is InChI=1S/C28H26N4O4/c1-34-30-23-18-25(27-29-26(36-31-27)16-17-35-24-10-6-3-7-11-24)32(19-23)28(33)22-14-12-21(13-15-22)20-8-4-2-5-9-20/h2-15,25H,16-19H2,1H3/t25-/m0/s1. The van der Waals surface area contributed by atoms with Crippen LogP contribution in [-0.2, 0) is 11.3 Å². The van der Waals surface area contributed by atoms with Crippen LogP contribution in [0.2, 0.25) is 0 Å². The minimum Gasteiger partial charge on any atom is -0.493 e. The highest BCUT2D eigenvalue weighted by Gasteiger charge is 2.37. The van der Waals surface area contributed by atoms with Crippen LogP contribution in [0.1, 0.15) is 34.5 Å². The van der Waals surface area contributed by atoms with Crippen molar-refractivity contribution in [2.24, 2.45) is 5.16 Å². The molecule has 0 aliphatic carbocycles. The average Bonchev–Trinajstić information content (AvgIpc) is 3.57. The molecule has 3 aromatic carbocycles. The molecule has 0 unspecified atom stereocenters. The van der Waals surface area contributed by atoms with E-state index in [1.807, 2.05) is 84.9 Å². The third kappa shape index (κ3) is 5.27. The Balaban J connectivity index is 1.30. The van der Waals surface area contributed by atoms with Crippen LogP contribution in [-0.4, -0.2) is 46.9 Å². The molecule has 0 radical (unpaired) electrons. The van der Waals surface area contributed by atoms with Gasteiger partial charge in [0.05, 0.1) is 25.3 Å². The zero-order valence-electron chi connectivity index (χ0n) is 19.9. The third-order valence-electron chi connectivity index (χ3n) is 5.99. The van der Waals surface area contributed by atoms with Gasteiger partial charge in [0.25, 0.3) is 5.91 Å². The molecule has 182 valence electrons. The van der Waals surface area contributed by atoms with E-state index < -0.39 is 6.04 Å². The van der Waals surface area contributed by atoms with Gasteiger partial charge in [-0.2, -0.15) is 4.98 Å². The van der Waals surface area contributed by atoms with Gasteiger partial charge in [-0.15, -0.1) is 0 Å². The van der Waals surface area contributed by atoms with Crippen LogP contribution in [0.5, 0.6) is 5.75 Å². The number of carbonyl (C=O) groups excluding carboxylic acids is 1. The summed E-state index contributed by atoms with van der Waals surface area (Å²) in [6, 6.07) is 26.8. The number of aromatic nitrogens is 2. The second kappa shape index (κ2) is 10.9. The van der Waals surface area contributed by atoms with E-state index in [9.17, 15) is 4.79 Å². The fourth-order valence-electron chi connectivity index (χ4n) is 4.22. The highest BCUT2D eigenvalue weighted by Crippen LogP contribution is 2.31. The molecule has 1 aliphatic heterocycles. The van der Waals surface area contributed by atoms with Crippen LogP contribution in [0.25, 0.3) is 11.1 Å². The Labute approximate surface area is 209 Å². The van der Waals surface area contributed by atoms with Crippen molar-refractivity contribution in [1.29, 1.82) is 0 Å². The summed E-state index contributed by atoms with van der Waals surface area (Å²) in [5, 5.41) is 8.25. The highest BCUT2D eigenvalue weighted by atomic mass is 16.6. The Morgan fingerprint density at radius 1 is 1.00 bits per heavy atom. The molecule has 1 aromatic heterocycles. The molecule has 0 saturated carbocycles. The number of benzene rings is 3. The van der Waals surface area contributed by atoms with E-state index >= 15 is 0 Å². The molecule has 1 atom stereocenters. The van der Waals surface area contributed by atoms with Gasteiger partial charge in [0.15, 0.2) is 5.82 Å². The molecular weight excluding hydrogens is 456 g/mol. The zero-order chi connectivity index (χ0) is 24.7. The fraction of sp³-hybridized carbons (Fsp3) is 0.214. The lowest BCUT2D eigenvalue weighted by Crippen LogP contribution is -2.31. The van der Waals surface area contributed by atoms with Gasteiger partial charge in [-0.25, -0.2) is 0 Å².